The van der Waals surface area contributed by atoms with Gasteiger partial charge in [-0.05, 0) is 41.5 Å². The molecule has 4 rings (SSSR count). The van der Waals surface area contributed by atoms with E-state index in [-0.39, 0.29) is 5.91 Å². The van der Waals surface area contributed by atoms with Gasteiger partial charge in [-0.1, -0.05) is 23.7 Å². The van der Waals surface area contributed by atoms with Gasteiger partial charge in [-0.2, -0.15) is 5.10 Å². The minimum Gasteiger partial charge on any atom is -0.493 e. The Kier molecular flexibility index (Phi) is 5.90. The van der Waals surface area contributed by atoms with Crippen LogP contribution in [0.3, 0.4) is 0 Å². The second kappa shape index (κ2) is 8.92. The molecular formula is C22H20ClN3O4. The molecule has 2 heterocycles. The number of nitrogens with one attached hydrogen (secondary N) is 1. The van der Waals surface area contributed by atoms with Crippen LogP contribution in [0.2, 0.25) is 5.02 Å². The second-order valence-electron chi connectivity index (χ2n) is 6.57. The highest BCUT2D eigenvalue weighted by atomic mass is 35.5. The van der Waals surface area contributed by atoms with Gasteiger partial charge in [-0.3, -0.25) is 4.79 Å². The van der Waals surface area contributed by atoms with Gasteiger partial charge in [-0.25, -0.2) is 4.68 Å². The van der Waals surface area contributed by atoms with Gasteiger partial charge in [0.15, 0.2) is 11.5 Å². The lowest BCUT2D eigenvalue weighted by Crippen LogP contribution is -2.16. The predicted octanol–water partition coefficient (Wildman–Crippen LogP) is 4.02. The number of hydrogen-bond donors (Lipinski definition) is 1. The Morgan fingerprint density at radius 3 is 2.83 bits per heavy atom. The Morgan fingerprint density at radius 1 is 1.23 bits per heavy atom. The van der Waals surface area contributed by atoms with Crippen molar-refractivity contribution in [1.82, 2.24) is 9.78 Å². The molecule has 0 aliphatic carbocycles. The van der Waals surface area contributed by atoms with Gasteiger partial charge in [0.05, 0.1) is 19.9 Å². The van der Waals surface area contributed by atoms with Crippen LogP contribution in [0.25, 0.3) is 6.08 Å². The quantitative estimate of drug-likeness (QED) is 0.604. The van der Waals surface area contributed by atoms with Gasteiger partial charge in [0.25, 0.3) is 0 Å². The number of fused-ring (bicyclic) bond motifs is 1. The molecule has 0 bridgehead atoms. The monoisotopic (exact) mass is 425 g/mol. The molecule has 1 amide bonds. The van der Waals surface area contributed by atoms with Crippen molar-refractivity contribution in [2.24, 2.45) is 0 Å². The standard InChI is InChI=1S/C22H20ClN3O4/c1-28-18-12-16(13-19-22(18)30-11-10-29-19)4-7-21(27)25-20-8-9-24-26(20)14-15-2-5-17(23)6-3-15/h2-9,12-13H,10-11,14H2,1H3,(H,25,27)/b7-4+. The van der Waals surface area contributed by atoms with E-state index >= 15 is 0 Å². The number of anilines is 1. The highest BCUT2D eigenvalue weighted by molar-refractivity contribution is 6.30. The lowest BCUT2D eigenvalue weighted by molar-refractivity contribution is -0.111. The van der Waals surface area contributed by atoms with Crippen LogP contribution in [0.5, 0.6) is 17.2 Å². The first kappa shape index (κ1) is 19.8. The third kappa shape index (κ3) is 4.58. The number of amides is 1. The number of nitrogens with zero attached hydrogens (tertiary/aromatic N) is 2. The summed E-state index contributed by atoms with van der Waals surface area (Å²) in [5.74, 6) is 2.06. The molecule has 0 radical (unpaired) electrons. The Balaban J connectivity index is 1.45. The van der Waals surface area contributed by atoms with Crippen molar-refractivity contribution in [3.63, 3.8) is 0 Å². The molecule has 2 aromatic carbocycles. The van der Waals surface area contributed by atoms with Gasteiger partial charge in [0, 0.05) is 17.2 Å². The molecule has 7 nitrogen and oxygen atoms in total. The number of methoxy groups -OCH3 is 1. The maximum absolute atomic E-state index is 12.4. The van der Waals surface area contributed by atoms with E-state index in [4.69, 9.17) is 25.8 Å². The fraction of sp³-hybridized carbons (Fsp3) is 0.182. The molecule has 154 valence electrons. The first-order valence-corrected chi connectivity index (χ1v) is 9.73. The summed E-state index contributed by atoms with van der Waals surface area (Å²) in [6.07, 6.45) is 4.78. The number of carbonyl (C=O) groups excluding carboxylic acids is 1. The van der Waals surface area contributed by atoms with Gasteiger partial charge in [-0.15, -0.1) is 0 Å². The molecule has 1 aliphatic heterocycles. The molecule has 0 saturated heterocycles. The van der Waals surface area contributed by atoms with Crippen molar-refractivity contribution >= 4 is 29.4 Å². The molecule has 3 aromatic rings. The topological polar surface area (TPSA) is 74.6 Å². The average molecular weight is 426 g/mol. The molecule has 0 unspecified atom stereocenters. The Morgan fingerprint density at radius 2 is 2.03 bits per heavy atom. The third-order valence-electron chi connectivity index (χ3n) is 4.49. The summed E-state index contributed by atoms with van der Waals surface area (Å²) in [6.45, 7) is 1.47. The van der Waals surface area contributed by atoms with E-state index < -0.39 is 0 Å². The second-order valence-corrected chi connectivity index (χ2v) is 7.01. The normalized spacial score (nSPS) is 12.7. The summed E-state index contributed by atoms with van der Waals surface area (Å²) in [7, 11) is 1.57. The van der Waals surface area contributed by atoms with E-state index in [1.165, 1.54) is 6.08 Å². The van der Waals surface area contributed by atoms with E-state index in [9.17, 15) is 4.79 Å². The minimum atomic E-state index is -0.276. The lowest BCUT2D eigenvalue weighted by Gasteiger charge is -2.20. The number of ether oxygens (including phenoxy) is 3. The van der Waals surface area contributed by atoms with Gasteiger partial charge in [0.2, 0.25) is 11.7 Å². The van der Waals surface area contributed by atoms with E-state index in [0.717, 1.165) is 11.1 Å². The average Bonchev–Trinajstić information content (AvgIpc) is 3.19. The molecule has 0 atom stereocenters. The number of carbonyl (C=O) groups is 1. The smallest absolute Gasteiger partial charge is 0.249 e. The van der Waals surface area contributed by atoms with Crippen LogP contribution in [-0.2, 0) is 11.3 Å². The van der Waals surface area contributed by atoms with Gasteiger partial charge >= 0.3 is 0 Å². The van der Waals surface area contributed by atoms with Crippen molar-refractivity contribution in [1.29, 1.82) is 0 Å². The summed E-state index contributed by atoms with van der Waals surface area (Å²) in [5, 5.41) is 7.79. The molecule has 30 heavy (non-hydrogen) atoms. The predicted molar refractivity (Wildman–Crippen MR) is 114 cm³/mol. The van der Waals surface area contributed by atoms with Crippen LogP contribution in [0.4, 0.5) is 5.82 Å². The number of rotatable bonds is 6. The van der Waals surface area contributed by atoms with Crippen molar-refractivity contribution in [3.05, 3.63) is 70.9 Å². The zero-order chi connectivity index (χ0) is 20.9. The summed E-state index contributed by atoms with van der Waals surface area (Å²) in [5.41, 5.74) is 1.79. The SMILES string of the molecule is COc1cc(/C=C/C(=O)Nc2ccnn2Cc2ccc(Cl)cc2)cc2c1OCCO2. The summed E-state index contributed by atoms with van der Waals surface area (Å²) in [4.78, 5) is 12.4. The van der Waals surface area contributed by atoms with E-state index in [2.05, 4.69) is 10.4 Å². The summed E-state index contributed by atoms with van der Waals surface area (Å²) in [6, 6.07) is 12.8. The van der Waals surface area contributed by atoms with Gasteiger partial charge in [0.1, 0.15) is 19.0 Å². The van der Waals surface area contributed by atoms with Crippen molar-refractivity contribution in [3.8, 4) is 17.2 Å². The minimum absolute atomic E-state index is 0.276. The molecule has 0 spiro atoms. The summed E-state index contributed by atoms with van der Waals surface area (Å²) >= 11 is 5.93. The zero-order valence-corrected chi connectivity index (χ0v) is 17.1. The Labute approximate surface area is 178 Å². The first-order valence-electron chi connectivity index (χ1n) is 9.35. The largest absolute Gasteiger partial charge is 0.493 e. The molecule has 1 aliphatic rings. The highest BCUT2D eigenvalue weighted by Crippen LogP contribution is 2.40. The molecule has 1 aromatic heterocycles. The van der Waals surface area contributed by atoms with Crippen LogP contribution in [0.1, 0.15) is 11.1 Å². The maximum Gasteiger partial charge on any atom is 0.249 e. The van der Waals surface area contributed by atoms with Crippen LogP contribution in [-0.4, -0.2) is 36.0 Å². The van der Waals surface area contributed by atoms with Crippen LogP contribution < -0.4 is 19.5 Å². The van der Waals surface area contributed by atoms with Crippen molar-refractivity contribution < 1.29 is 19.0 Å². The van der Waals surface area contributed by atoms with Crippen LogP contribution in [0.15, 0.2) is 54.7 Å². The van der Waals surface area contributed by atoms with Crippen molar-refractivity contribution in [2.45, 2.75) is 6.54 Å². The summed E-state index contributed by atoms with van der Waals surface area (Å²) < 4.78 is 18.3. The first-order chi connectivity index (χ1) is 14.6. The van der Waals surface area contributed by atoms with E-state index in [0.29, 0.717) is 47.8 Å². The molecule has 1 N–H and O–H groups in total. The highest BCUT2D eigenvalue weighted by Gasteiger charge is 2.17. The number of hydrogen-bond acceptors (Lipinski definition) is 5. The molecule has 8 heteroatoms. The Bertz CT molecular complexity index is 1060. The maximum atomic E-state index is 12.4. The fourth-order valence-corrected chi connectivity index (χ4v) is 3.18. The van der Waals surface area contributed by atoms with Crippen molar-refractivity contribution in [2.75, 3.05) is 25.6 Å². The van der Waals surface area contributed by atoms with Crippen LogP contribution >= 0.6 is 11.6 Å². The number of benzene rings is 2. The van der Waals surface area contributed by atoms with E-state index in [1.54, 1.807) is 36.2 Å². The third-order valence-corrected chi connectivity index (χ3v) is 4.74. The van der Waals surface area contributed by atoms with E-state index in [1.807, 2.05) is 30.3 Å². The zero-order valence-electron chi connectivity index (χ0n) is 16.3. The lowest BCUT2D eigenvalue weighted by atomic mass is 10.1. The number of aromatic nitrogens is 2. The number of halogens is 1. The molecule has 0 fully saturated rings. The molecular weight excluding hydrogens is 406 g/mol. The molecule has 0 saturated carbocycles. The fourth-order valence-electron chi connectivity index (χ4n) is 3.06. The Hall–Kier alpha value is -3.45. The van der Waals surface area contributed by atoms with Gasteiger partial charge < -0.3 is 19.5 Å². The van der Waals surface area contributed by atoms with Crippen LogP contribution in [0, 0.1) is 0 Å².